The third kappa shape index (κ3) is 5.95. The summed E-state index contributed by atoms with van der Waals surface area (Å²) in [6.45, 7) is 1.77. The number of alkyl carbamates (subject to hydrolysis) is 1. The minimum absolute atomic E-state index is 0.00638. The maximum Gasteiger partial charge on any atom is 0.414 e. The van der Waals surface area contributed by atoms with Crippen LogP contribution in [-0.4, -0.2) is 38.7 Å². The van der Waals surface area contributed by atoms with E-state index in [1.54, 1.807) is 25.1 Å². The SMILES string of the molecule is CCOC(=O)NC(=O)c1c(NC(=O)CCCS(=O)(=O)c2ccccc2)sc2c1CCCC2. The molecule has 0 bridgehead atoms. The fraction of sp³-hybridized carbons (Fsp3) is 0.409. The first-order valence-corrected chi connectivity index (χ1v) is 13.0. The number of sulfone groups is 1. The van der Waals surface area contributed by atoms with Crippen molar-refractivity contribution in [3.05, 3.63) is 46.3 Å². The molecular formula is C22H26N2O6S2. The first-order valence-electron chi connectivity index (χ1n) is 10.5. The Hall–Kier alpha value is -2.72. The monoisotopic (exact) mass is 478 g/mol. The van der Waals surface area contributed by atoms with E-state index in [0.717, 1.165) is 29.7 Å². The van der Waals surface area contributed by atoms with E-state index in [9.17, 15) is 22.8 Å². The standard InChI is InChI=1S/C22H26N2O6S2/c1-2-30-22(27)24-20(26)19-16-11-6-7-12-17(16)31-21(19)23-18(25)13-8-14-32(28,29)15-9-4-3-5-10-15/h3-5,9-10H,2,6-8,11-14H2,1H3,(H,23,25)(H,24,26,27). The average Bonchev–Trinajstić information content (AvgIpc) is 3.12. The highest BCUT2D eigenvalue weighted by Crippen LogP contribution is 2.38. The van der Waals surface area contributed by atoms with E-state index in [-0.39, 0.29) is 36.0 Å². The van der Waals surface area contributed by atoms with Gasteiger partial charge in [0.25, 0.3) is 5.91 Å². The maximum absolute atomic E-state index is 12.7. The topological polar surface area (TPSA) is 119 Å². The summed E-state index contributed by atoms with van der Waals surface area (Å²) in [6.07, 6.45) is 2.74. The molecule has 1 aromatic carbocycles. The molecule has 32 heavy (non-hydrogen) atoms. The van der Waals surface area contributed by atoms with Gasteiger partial charge in [0, 0.05) is 11.3 Å². The van der Waals surface area contributed by atoms with Crippen LogP contribution in [0.3, 0.4) is 0 Å². The molecule has 0 atom stereocenters. The van der Waals surface area contributed by atoms with E-state index in [1.807, 2.05) is 0 Å². The molecule has 8 nitrogen and oxygen atoms in total. The number of fused-ring (bicyclic) bond motifs is 1. The molecule has 1 aromatic heterocycles. The summed E-state index contributed by atoms with van der Waals surface area (Å²) in [5.74, 6) is -1.14. The third-order valence-corrected chi connectivity index (χ3v) is 8.09. The van der Waals surface area contributed by atoms with Gasteiger partial charge in [-0.25, -0.2) is 13.2 Å². The normalized spacial score (nSPS) is 13.2. The molecule has 2 aromatic rings. The molecule has 3 rings (SSSR count). The number of aryl methyl sites for hydroxylation is 1. The van der Waals surface area contributed by atoms with Gasteiger partial charge >= 0.3 is 6.09 Å². The summed E-state index contributed by atoms with van der Waals surface area (Å²) in [6, 6.07) is 8.10. The second kappa shape index (κ2) is 10.7. The molecule has 0 unspecified atom stereocenters. The number of carbonyl (C=O) groups is 3. The van der Waals surface area contributed by atoms with Crippen LogP contribution in [0.1, 0.15) is 53.4 Å². The average molecular weight is 479 g/mol. The number of hydrogen-bond donors (Lipinski definition) is 2. The first-order chi connectivity index (χ1) is 15.3. The fourth-order valence-electron chi connectivity index (χ4n) is 3.57. The summed E-state index contributed by atoms with van der Waals surface area (Å²) < 4.78 is 29.5. The van der Waals surface area contributed by atoms with Crippen LogP contribution in [0.15, 0.2) is 35.2 Å². The predicted molar refractivity (Wildman–Crippen MR) is 122 cm³/mol. The molecule has 3 amide bonds. The Morgan fingerprint density at radius 2 is 1.81 bits per heavy atom. The largest absolute Gasteiger partial charge is 0.450 e. The zero-order valence-electron chi connectivity index (χ0n) is 17.8. The number of ether oxygens (including phenoxy) is 1. The summed E-state index contributed by atoms with van der Waals surface area (Å²) in [4.78, 5) is 38.2. The highest BCUT2D eigenvalue weighted by molar-refractivity contribution is 7.91. The van der Waals surface area contributed by atoms with Gasteiger partial charge in [0.15, 0.2) is 9.84 Å². The lowest BCUT2D eigenvalue weighted by Gasteiger charge is -2.13. The summed E-state index contributed by atoms with van der Waals surface area (Å²) in [7, 11) is -3.46. The molecular weight excluding hydrogens is 452 g/mol. The number of carbonyl (C=O) groups excluding carboxylic acids is 3. The van der Waals surface area contributed by atoms with Crippen LogP contribution in [0.2, 0.25) is 0 Å². The Balaban J connectivity index is 1.67. The zero-order valence-corrected chi connectivity index (χ0v) is 19.4. The van der Waals surface area contributed by atoms with E-state index in [4.69, 9.17) is 4.74 Å². The summed E-state index contributed by atoms with van der Waals surface area (Å²) in [5.41, 5.74) is 1.15. The van der Waals surface area contributed by atoms with E-state index >= 15 is 0 Å². The van der Waals surface area contributed by atoms with Crippen LogP contribution < -0.4 is 10.6 Å². The minimum Gasteiger partial charge on any atom is -0.450 e. The van der Waals surface area contributed by atoms with Crippen LogP contribution >= 0.6 is 11.3 Å². The Bertz CT molecular complexity index is 1090. The molecule has 1 aliphatic carbocycles. The number of benzene rings is 1. The lowest BCUT2D eigenvalue weighted by atomic mass is 9.95. The molecule has 172 valence electrons. The Morgan fingerprint density at radius 1 is 1.09 bits per heavy atom. The van der Waals surface area contributed by atoms with E-state index in [1.165, 1.54) is 23.5 Å². The van der Waals surface area contributed by atoms with Gasteiger partial charge < -0.3 is 10.1 Å². The van der Waals surface area contributed by atoms with Gasteiger partial charge in [0.1, 0.15) is 5.00 Å². The molecule has 0 aliphatic heterocycles. The third-order valence-electron chi connectivity index (χ3n) is 5.06. The Labute approximate surface area is 191 Å². The Kier molecular flexibility index (Phi) is 8.03. The lowest BCUT2D eigenvalue weighted by molar-refractivity contribution is -0.116. The van der Waals surface area contributed by atoms with Crippen molar-refractivity contribution in [3.63, 3.8) is 0 Å². The number of imide groups is 1. The van der Waals surface area contributed by atoms with Crippen molar-refractivity contribution in [3.8, 4) is 0 Å². The molecule has 0 fully saturated rings. The van der Waals surface area contributed by atoms with E-state index < -0.39 is 21.8 Å². The van der Waals surface area contributed by atoms with Gasteiger partial charge in [0.05, 0.1) is 22.8 Å². The van der Waals surface area contributed by atoms with Crippen molar-refractivity contribution in [2.45, 2.75) is 50.3 Å². The second-order valence-electron chi connectivity index (χ2n) is 7.37. The van der Waals surface area contributed by atoms with Gasteiger partial charge in [-0.2, -0.15) is 0 Å². The van der Waals surface area contributed by atoms with Gasteiger partial charge in [0.2, 0.25) is 5.91 Å². The summed E-state index contributed by atoms with van der Waals surface area (Å²) in [5, 5.41) is 5.34. The minimum atomic E-state index is -3.46. The molecule has 1 aliphatic rings. The van der Waals surface area contributed by atoms with Crippen LogP contribution in [0.25, 0.3) is 0 Å². The number of thiophene rings is 1. The van der Waals surface area contributed by atoms with Crippen molar-refractivity contribution < 1.29 is 27.5 Å². The number of anilines is 1. The first kappa shape index (κ1) is 23.9. The lowest BCUT2D eigenvalue weighted by Crippen LogP contribution is -2.32. The number of amides is 3. The molecule has 0 radical (unpaired) electrons. The van der Waals surface area contributed by atoms with Gasteiger partial charge in [-0.05, 0) is 56.7 Å². The van der Waals surface area contributed by atoms with Crippen LogP contribution in [0.5, 0.6) is 0 Å². The molecule has 0 saturated carbocycles. The summed E-state index contributed by atoms with van der Waals surface area (Å²) >= 11 is 1.33. The number of rotatable bonds is 8. The Morgan fingerprint density at radius 3 is 2.53 bits per heavy atom. The number of hydrogen-bond acceptors (Lipinski definition) is 7. The van der Waals surface area contributed by atoms with Crippen molar-refractivity contribution in [1.82, 2.24) is 5.32 Å². The van der Waals surface area contributed by atoms with Gasteiger partial charge in [-0.3, -0.25) is 14.9 Å². The second-order valence-corrected chi connectivity index (χ2v) is 10.6. The van der Waals surface area contributed by atoms with Crippen molar-refractivity contribution in [2.75, 3.05) is 17.7 Å². The van der Waals surface area contributed by atoms with Gasteiger partial charge in [-0.15, -0.1) is 11.3 Å². The van der Waals surface area contributed by atoms with Crippen LogP contribution in [0.4, 0.5) is 9.80 Å². The maximum atomic E-state index is 12.7. The molecule has 2 N–H and O–H groups in total. The smallest absolute Gasteiger partial charge is 0.414 e. The zero-order chi connectivity index (χ0) is 23.1. The number of nitrogens with one attached hydrogen (secondary N) is 2. The predicted octanol–water partition coefficient (Wildman–Crippen LogP) is 3.71. The molecule has 1 heterocycles. The molecule has 0 spiro atoms. The molecule has 0 saturated heterocycles. The highest BCUT2D eigenvalue weighted by atomic mass is 32.2. The quantitative estimate of drug-likeness (QED) is 0.597. The fourth-order valence-corrected chi connectivity index (χ4v) is 6.21. The van der Waals surface area contributed by atoms with E-state index in [2.05, 4.69) is 10.6 Å². The molecule has 10 heteroatoms. The van der Waals surface area contributed by atoms with Crippen molar-refractivity contribution in [2.24, 2.45) is 0 Å². The van der Waals surface area contributed by atoms with Gasteiger partial charge in [-0.1, -0.05) is 18.2 Å². The van der Waals surface area contributed by atoms with Crippen LogP contribution in [-0.2, 0) is 32.2 Å². The van der Waals surface area contributed by atoms with E-state index in [0.29, 0.717) is 17.0 Å². The van der Waals surface area contributed by atoms with Crippen molar-refractivity contribution in [1.29, 1.82) is 0 Å². The van der Waals surface area contributed by atoms with Crippen molar-refractivity contribution >= 4 is 44.1 Å². The van der Waals surface area contributed by atoms with Crippen LogP contribution in [0, 0.1) is 0 Å². The highest BCUT2D eigenvalue weighted by Gasteiger charge is 2.27.